The molecule has 150 valence electrons. The summed E-state index contributed by atoms with van der Waals surface area (Å²) in [5.74, 6) is 0.404. The number of aromatic hydroxyl groups is 1. The van der Waals surface area contributed by atoms with Gasteiger partial charge in [-0.25, -0.2) is 4.79 Å². The van der Waals surface area contributed by atoms with E-state index in [2.05, 4.69) is 10.2 Å². The minimum absolute atomic E-state index is 0.0199. The van der Waals surface area contributed by atoms with Crippen molar-refractivity contribution in [1.29, 1.82) is 0 Å². The van der Waals surface area contributed by atoms with Gasteiger partial charge in [0.25, 0.3) is 0 Å². The number of phenolic OH excluding ortho intramolecular Hbond substituents is 1. The van der Waals surface area contributed by atoms with E-state index in [-0.39, 0.29) is 18.1 Å². The zero-order valence-corrected chi connectivity index (χ0v) is 16.4. The van der Waals surface area contributed by atoms with Gasteiger partial charge in [0.15, 0.2) is 0 Å². The Morgan fingerprint density at radius 2 is 2.07 bits per heavy atom. The van der Waals surface area contributed by atoms with E-state index in [1.807, 2.05) is 6.92 Å². The molecule has 0 bridgehead atoms. The Morgan fingerprint density at radius 1 is 1.25 bits per heavy atom. The second-order valence-electron chi connectivity index (χ2n) is 8.16. The van der Waals surface area contributed by atoms with Crippen molar-refractivity contribution in [2.45, 2.75) is 51.5 Å². The minimum atomic E-state index is -0.512. The van der Waals surface area contributed by atoms with Gasteiger partial charge in [-0.3, -0.25) is 4.79 Å². The number of carbonyl (C=O) groups excluding carboxylic acids is 1. The number of rotatable bonds is 4. The molecule has 6 nitrogen and oxygen atoms in total. The second-order valence-corrected chi connectivity index (χ2v) is 8.16. The van der Waals surface area contributed by atoms with Crippen molar-refractivity contribution in [1.82, 2.24) is 10.2 Å². The van der Waals surface area contributed by atoms with Crippen LogP contribution in [-0.2, 0) is 11.2 Å². The fraction of sp³-hybridized carbons (Fsp3) is 0.545. The lowest BCUT2D eigenvalue weighted by Gasteiger charge is -2.44. The molecule has 1 aromatic heterocycles. The van der Waals surface area contributed by atoms with Gasteiger partial charge >= 0.3 is 5.63 Å². The number of hydrogen-bond donors (Lipinski definition) is 2. The Bertz CT molecular complexity index is 934. The van der Waals surface area contributed by atoms with Crippen molar-refractivity contribution < 1.29 is 14.3 Å². The van der Waals surface area contributed by atoms with E-state index in [4.69, 9.17) is 4.42 Å². The highest BCUT2D eigenvalue weighted by Gasteiger charge is 2.33. The van der Waals surface area contributed by atoms with Crippen LogP contribution in [0.1, 0.15) is 43.2 Å². The second kappa shape index (κ2) is 7.95. The van der Waals surface area contributed by atoms with Gasteiger partial charge in [0.05, 0.1) is 12.0 Å². The van der Waals surface area contributed by atoms with Crippen molar-refractivity contribution in [2.24, 2.45) is 5.92 Å². The quantitative estimate of drug-likeness (QED) is 0.792. The van der Waals surface area contributed by atoms with E-state index in [0.717, 1.165) is 17.4 Å². The molecule has 2 aliphatic rings. The van der Waals surface area contributed by atoms with Gasteiger partial charge < -0.3 is 19.7 Å². The standard InChI is InChI=1S/C22H28N2O4/c1-14-17-8-7-16(25)11-20(17)28-22(27)18(14)12-21(26)23-13-15-5-4-10-24-9-3-2-6-19(15)24/h7-8,11,15,19,25H,2-6,9-10,12-13H2,1H3,(H,23,26). The van der Waals surface area contributed by atoms with Crippen LogP contribution in [0.15, 0.2) is 27.4 Å². The maximum atomic E-state index is 12.6. The summed E-state index contributed by atoms with van der Waals surface area (Å²) in [6, 6.07) is 5.28. The largest absolute Gasteiger partial charge is 0.508 e. The van der Waals surface area contributed by atoms with Crippen LogP contribution in [0.3, 0.4) is 0 Å². The highest BCUT2D eigenvalue weighted by Crippen LogP contribution is 2.30. The molecule has 2 aliphatic heterocycles. The number of nitrogens with one attached hydrogen (secondary N) is 1. The molecule has 2 N–H and O–H groups in total. The highest BCUT2D eigenvalue weighted by molar-refractivity contribution is 5.85. The molecule has 1 amide bonds. The normalized spacial score (nSPS) is 22.8. The van der Waals surface area contributed by atoms with E-state index in [9.17, 15) is 14.7 Å². The average Bonchev–Trinajstić information content (AvgIpc) is 2.69. The Balaban J connectivity index is 1.44. The van der Waals surface area contributed by atoms with Crippen LogP contribution in [-0.4, -0.2) is 41.6 Å². The van der Waals surface area contributed by atoms with Crippen molar-refractivity contribution in [3.8, 4) is 5.75 Å². The number of phenols is 1. The zero-order valence-electron chi connectivity index (χ0n) is 16.4. The number of benzene rings is 1. The highest BCUT2D eigenvalue weighted by atomic mass is 16.4. The van der Waals surface area contributed by atoms with Crippen molar-refractivity contribution in [2.75, 3.05) is 19.6 Å². The summed E-state index contributed by atoms with van der Waals surface area (Å²) in [4.78, 5) is 27.5. The number of amides is 1. The van der Waals surface area contributed by atoms with Crippen LogP contribution in [0.25, 0.3) is 11.0 Å². The van der Waals surface area contributed by atoms with Crippen LogP contribution in [0.5, 0.6) is 5.75 Å². The molecule has 0 aliphatic carbocycles. The van der Waals surface area contributed by atoms with Gasteiger partial charge in [0, 0.05) is 24.0 Å². The van der Waals surface area contributed by atoms with Gasteiger partial charge in [-0.2, -0.15) is 0 Å². The zero-order chi connectivity index (χ0) is 19.7. The monoisotopic (exact) mass is 384 g/mol. The topological polar surface area (TPSA) is 82.8 Å². The summed E-state index contributed by atoms with van der Waals surface area (Å²) >= 11 is 0. The molecule has 2 saturated heterocycles. The lowest BCUT2D eigenvalue weighted by Crippen LogP contribution is -2.51. The predicted octanol–water partition coefficient (Wildman–Crippen LogP) is 2.73. The Hall–Kier alpha value is -2.34. The first-order valence-electron chi connectivity index (χ1n) is 10.3. The van der Waals surface area contributed by atoms with Crippen molar-refractivity contribution in [3.63, 3.8) is 0 Å². The maximum absolute atomic E-state index is 12.6. The summed E-state index contributed by atoms with van der Waals surface area (Å²) < 4.78 is 5.32. The Kier molecular flexibility index (Phi) is 5.40. The summed E-state index contributed by atoms with van der Waals surface area (Å²) in [6.45, 7) is 4.86. The summed E-state index contributed by atoms with van der Waals surface area (Å²) in [6.07, 6.45) is 6.15. The van der Waals surface area contributed by atoms with Crippen LogP contribution in [0.2, 0.25) is 0 Å². The lowest BCUT2D eigenvalue weighted by molar-refractivity contribution is -0.120. The van der Waals surface area contributed by atoms with Gasteiger partial charge in [0.1, 0.15) is 11.3 Å². The van der Waals surface area contributed by atoms with Crippen LogP contribution >= 0.6 is 0 Å². The molecule has 28 heavy (non-hydrogen) atoms. The van der Waals surface area contributed by atoms with Crippen LogP contribution < -0.4 is 10.9 Å². The molecule has 0 radical (unpaired) electrons. The Labute approximate surface area is 164 Å². The molecule has 2 unspecified atom stereocenters. The van der Waals surface area contributed by atoms with Gasteiger partial charge in [-0.05, 0) is 69.3 Å². The number of piperidine rings is 2. The molecule has 6 heteroatoms. The number of nitrogens with zero attached hydrogens (tertiary/aromatic N) is 1. The third-order valence-corrected chi connectivity index (χ3v) is 6.40. The van der Waals surface area contributed by atoms with Gasteiger partial charge in [-0.1, -0.05) is 6.42 Å². The number of hydrogen-bond acceptors (Lipinski definition) is 5. The molecular weight excluding hydrogens is 356 g/mol. The summed E-state index contributed by atoms with van der Waals surface area (Å²) in [7, 11) is 0. The molecule has 3 heterocycles. The Morgan fingerprint density at radius 3 is 2.93 bits per heavy atom. The van der Waals surface area contributed by atoms with E-state index in [1.54, 1.807) is 12.1 Å². The smallest absolute Gasteiger partial charge is 0.340 e. The molecule has 2 aromatic rings. The molecule has 0 saturated carbocycles. The fourth-order valence-electron chi connectivity index (χ4n) is 4.87. The van der Waals surface area contributed by atoms with E-state index in [0.29, 0.717) is 29.7 Å². The molecular formula is C22H28N2O4. The van der Waals surface area contributed by atoms with Crippen molar-refractivity contribution >= 4 is 16.9 Å². The van der Waals surface area contributed by atoms with Crippen LogP contribution in [0, 0.1) is 12.8 Å². The molecule has 4 rings (SSSR count). The molecule has 0 spiro atoms. The lowest BCUT2D eigenvalue weighted by atomic mass is 9.83. The van der Waals surface area contributed by atoms with E-state index in [1.165, 1.54) is 44.8 Å². The van der Waals surface area contributed by atoms with Crippen LogP contribution in [0.4, 0.5) is 0 Å². The third-order valence-electron chi connectivity index (χ3n) is 6.40. The van der Waals surface area contributed by atoms with Gasteiger partial charge in [-0.15, -0.1) is 0 Å². The summed E-state index contributed by atoms with van der Waals surface area (Å²) in [5, 5.41) is 13.4. The average molecular weight is 384 g/mol. The SMILES string of the molecule is Cc1c(CC(=O)NCC2CCCN3CCCCC23)c(=O)oc2cc(O)ccc12. The third kappa shape index (κ3) is 3.78. The number of carbonyl (C=O) groups is 1. The first kappa shape index (κ1) is 19.0. The minimum Gasteiger partial charge on any atom is -0.508 e. The first-order chi connectivity index (χ1) is 13.5. The van der Waals surface area contributed by atoms with E-state index < -0.39 is 5.63 Å². The maximum Gasteiger partial charge on any atom is 0.340 e. The predicted molar refractivity (Wildman–Crippen MR) is 108 cm³/mol. The van der Waals surface area contributed by atoms with E-state index >= 15 is 0 Å². The molecule has 2 atom stereocenters. The number of aryl methyl sites for hydroxylation is 1. The van der Waals surface area contributed by atoms with Gasteiger partial charge in [0.2, 0.25) is 5.91 Å². The molecule has 1 aromatic carbocycles. The molecule has 2 fully saturated rings. The van der Waals surface area contributed by atoms with Crippen molar-refractivity contribution in [3.05, 3.63) is 39.7 Å². The fourth-order valence-corrected chi connectivity index (χ4v) is 4.87. The number of fused-ring (bicyclic) bond motifs is 2. The first-order valence-corrected chi connectivity index (χ1v) is 10.3. The summed E-state index contributed by atoms with van der Waals surface area (Å²) in [5.41, 5.74) is 0.948.